The zero-order valence-corrected chi connectivity index (χ0v) is 10.1. The molecule has 0 saturated carbocycles. The second-order valence-electron chi connectivity index (χ2n) is 3.15. The summed E-state index contributed by atoms with van der Waals surface area (Å²) in [6, 6.07) is 6.63. The summed E-state index contributed by atoms with van der Waals surface area (Å²) >= 11 is 3.13. The molecule has 0 aliphatic rings. The van der Waals surface area contributed by atoms with E-state index in [1.54, 1.807) is 35.3 Å². The number of nitrogens with zero attached hydrogens (tertiary/aromatic N) is 3. The van der Waals surface area contributed by atoms with E-state index in [0.717, 1.165) is 5.69 Å². The summed E-state index contributed by atoms with van der Waals surface area (Å²) in [5.41, 5.74) is 0.771. The first kappa shape index (κ1) is 12.0. The van der Waals surface area contributed by atoms with Gasteiger partial charge in [-0.2, -0.15) is 0 Å². The summed E-state index contributed by atoms with van der Waals surface area (Å²) in [6.07, 6.45) is -0.931. The lowest BCUT2D eigenvalue weighted by Gasteiger charge is -2.06. The molecule has 1 aromatic heterocycles. The van der Waals surface area contributed by atoms with Gasteiger partial charge in [0, 0.05) is 0 Å². The molecule has 4 nitrogen and oxygen atoms in total. The predicted molar refractivity (Wildman–Crippen MR) is 60.6 cm³/mol. The molecule has 2 rings (SSSR count). The Bertz CT molecular complexity index is 487. The molecule has 0 amide bonds. The highest BCUT2D eigenvalue weighted by Gasteiger charge is 2.04. The molecule has 0 spiro atoms. The van der Waals surface area contributed by atoms with Gasteiger partial charge in [-0.25, -0.2) is 18.4 Å². The SMILES string of the molecule is FC(F)COc1ccc(-n2cnc(Br)n2)cc1. The molecular formula is C10H8BrF2N3O. The number of aromatic nitrogens is 3. The highest BCUT2D eigenvalue weighted by molar-refractivity contribution is 9.10. The molecule has 0 fully saturated rings. The fourth-order valence-corrected chi connectivity index (χ4v) is 1.48. The average molecular weight is 304 g/mol. The first-order chi connectivity index (χ1) is 8.15. The van der Waals surface area contributed by atoms with Crippen LogP contribution in [0.5, 0.6) is 5.75 Å². The van der Waals surface area contributed by atoms with Crippen molar-refractivity contribution in [3.05, 3.63) is 35.3 Å². The number of alkyl halides is 2. The monoisotopic (exact) mass is 303 g/mol. The predicted octanol–water partition coefficient (Wildman–Crippen LogP) is 2.67. The van der Waals surface area contributed by atoms with Gasteiger partial charge in [-0.1, -0.05) is 0 Å². The van der Waals surface area contributed by atoms with Crippen molar-refractivity contribution in [1.29, 1.82) is 0 Å². The largest absolute Gasteiger partial charge is 0.488 e. The second-order valence-corrected chi connectivity index (χ2v) is 3.86. The first-order valence-corrected chi connectivity index (χ1v) is 5.53. The van der Waals surface area contributed by atoms with Crippen LogP contribution in [0.15, 0.2) is 35.3 Å². The van der Waals surface area contributed by atoms with E-state index in [4.69, 9.17) is 4.74 Å². The van der Waals surface area contributed by atoms with Crippen LogP contribution in [0.25, 0.3) is 5.69 Å². The minimum absolute atomic E-state index is 0.397. The van der Waals surface area contributed by atoms with Crippen LogP contribution in [0.2, 0.25) is 0 Å². The van der Waals surface area contributed by atoms with E-state index in [2.05, 4.69) is 26.0 Å². The van der Waals surface area contributed by atoms with Gasteiger partial charge in [-0.05, 0) is 40.2 Å². The van der Waals surface area contributed by atoms with Crippen LogP contribution in [-0.2, 0) is 0 Å². The lowest BCUT2D eigenvalue weighted by Crippen LogP contribution is -2.06. The summed E-state index contributed by atoms with van der Waals surface area (Å²) < 4.78 is 30.7. The molecule has 90 valence electrons. The van der Waals surface area contributed by atoms with Crippen molar-refractivity contribution in [3.63, 3.8) is 0 Å². The van der Waals surface area contributed by atoms with Crippen molar-refractivity contribution in [2.75, 3.05) is 6.61 Å². The van der Waals surface area contributed by atoms with Gasteiger partial charge in [0.15, 0.2) is 0 Å². The number of hydrogen-bond donors (Lipinski definition) is 0. The number of ether oxygens (including phenoxy) is 1. The Hall–Kier alpha value is -1.50. The van der Waals surface area contributed by atoms with Crippen LogP contribution in [0.4, 0.5) is 8.78 Å². The van der Waals surface area contributed by atoms with Crippen LogP contribution in [-0.4, -0.2) is 27.8 Å². The molecule has 0 unspecified atom stereocenters. The molecule has 17 heavy (non-hydrogen) atoms. The lowest BCUT2D eigenvalue weighted by atomic mass is 10.3. The minimum Gasteiger partial charge on any atom is -0.488 e. The van der Waals surface area contributed by atoms with Gasteiger partial charge in [0.1, 0.15) is 18.7 Å². The number of halogens is 3. The number of hydrogen-bond acceptors (Lipinski definition) is 3. The highest BCUT2D eigenvalue weighted by atomic mass is 79.9. The third-order valence-electron chi connectivity index (χ3n) is 1.94. The van der Waals surface area contributed by atoms with Gasteiger partial charge in [-0.3, -0.25) is 0 Å². The van der Waals surface area contributed by atoms with Gasteiger partial charge in [0.05, 0.1) is 5.69 Å². The maximum absolute atomic E-state index is 11.9. The Labute approximate surface area is 104 Å². The van der Waals surface area contributed by atoms with Crippen LogP contribution < -0.4 is 4.74 Å². The molecule has 2 aromatic rings. The number of benzene rings is 1. The molecule has 7 heteroatoms. The van der Waals surface area contributed by atoms with Crippen molar-refractivity contribution in [2.24, 2.45) is 0 Å². The Balaban J connectivity index is 2.07. The zero-order valence-electron chi connectivity index (χ0n) is 8.55. The molecular weight excluding hydrogens is 296 g/mol. The van der Waals surface area contributed by atoms with Crippen LogP contribution in [0, 0.1) is 0 Å². The van der Waals surface area contributed by atoms with E-state index in [0.29, 0.717) is 10.5 Å². The maximum Gasteiger partial charge on any atom is 0.272 e. The Kier molecular flexibility index (Phi) is 3.68. The Morgan fingerprint density at radius 3 is 2.53 bits per heavy atom. The minimum atomic E-state index is -2.47. The van der Waals surface area contributed by atoms with E-state index in [-0.39, 0.29) is 0 Å². The smallest absolute Gasteiger partial charge is 0.272 e. The molecule has 1 heterocycles. The summed E-state index contributed by atoms with van der Waals surface area (Å²) in [7, 11) is 0. The molecule has 0 aliphatic carbocycles. The zero-order chi connectivity index (χ0) is 12.3. The van der Waals surface area contributed by atoms with E-state index < -0.39 is 13.0 Å². The molecule has 0 N–H and O–H groups in total. The third kappa shape index (κ3) is 3.23. The Morgan fingerprint density at radius 2 is 2.00 bits per heavy atom. The topological polar surface area (TPSA) is 39.9 Å². The Morgan fingerprint density at radius 1 is 1.29 bits per heavy atom. The normalized spacial score (nSPS) is 10.8. The molecule has 0 saturated heterocycles. The van der Waals surface area contributed by atoms with Crippen molar-refractivity contribution in [2.45, 2.75) is 6.43 Å². The van der Waals surface area contributed by atoms with Crippen molar-refractivity contribution in [1.82, 2.24) is 14.8 Å². The summed E-state index contributed by atoms with van der Waals surface area (Å²) in [4.78, 5) is 3.91. The van der Waals surface area contributed by atoms with Crippen molar-refractivity contribution >= 4 is 15.9 Å². The van der Waals surface area contributed by atoms with Gasteiger partial charge >= 0.3 is 0 Å². The van der Waals surface area contributed by atoms with Gasteiger partial charge < -0.3 is 4.74 Å². The van der Waals surface area contributed by atoms with Crippen LogP contribution >= 0.6 is 15.9 Å². The summed E-state index contributed by atoms with van der Waals surface area (Å²) in [5, 5.41) is 4.05. The van der Waals surface area contributed by atoms with Crippen LogP contribution in [0.3, 0.4) is 0 Å². The first-order valence-electron chi connectivity index (χ1n) is 4.74. The molecule has 0 atom stereocenters. The van der Waals surface area contributed by atoms with Gasteiger partial charge in [0.25, 0.3) is 6.43 Å². The van der Waals surface area contributed by atoms with Gasteiger partial charge in [0.2, 0.25) is 4.73 Å². The van der Waals surface area contributed by atoms with Crippen LogP contribution in [0.1, 0.15) is 0 Å². The van der Waals surface area contributed by atoms with Crippen molar-refractivity contribution in [3.8, 4) is 11.4 Å². The van der Waals surface area contributed by atoms with Crippen molar-refractivity contribution < 1.29 is 13.5 Å². The quantitative estimate of drug-likeness (QED) is 0.872. The van der Waals surface area contributed by atoms with E-state index in [9.17, 15) is 8.78 Å². The standard InChI is InChI=1S/C10H8BrF2N3O/c11-10-14-6-16(15-10)7-1-3-8(4-2-7)17-5-9(12)13/h1-4,6,9H,5H2. The summed E-state index contributed by atoms with van der Waals surface area (Å²) in [6.45, 7) is -0.603. The third-order valence-corrected chi connectivity index (χ3v) is 2.30. The maximum atomic E-state index is 11.9. The molecule has 1 aromatic carbocycles. The molecule has 0 radical (unpaired) electrons. The highest BCUT2D eigenvalue weighted by Crippen LogP contribution is 2.15. The van der Waals surface area contributed by atoms with Gasteiger partial charge in [-0.15, -0.1) is 5.10 Å². The fraction of sp³-hybridized carbons (Fsp3) is 0.200. The van der Waals surface area contributed by atoms with E-state index in [1.165, 1.54) is 0 Å². The van der Waals surface area contributed by atoms with E-state index in [1.807, 2.05) is 0 Å². The summed E-state index contributed by atoms with van der Waals surface area (Å²) in [5.74, 6) is 0.397. The average Bonchev–Trinajstić information content (AvgIpc) is 2.74. The number of rotatable bonds is 4. The van der Waals surface area contributed by atoms with E-state index >= 15 is 0 Å². The second kappa shape index (κ2) is 5.22. The fourth-order valence-electron chi connectivity index (χ4n) is 1.22. The lowest BCUT2D eigenvalue weighted by molar-refractivity contribution is 0.0819. The molecule has 0 aliphatic heterocycles. The molecule has 0 bridgehead atoms.